The van der Waals surface area contributed by atoms with Gasteiger partial charge < -0.3 is 5.11 Å². The topological polar surface area (TPSA) is 66.4 Å². The summed E-state index contributed by atoms with van der Waals surface area (Å²) in [6.07, 6.45) is -9.94. The fourth-order valence-corrected chi connectivity index (χ4v) is 2.75. The van der Waals surface area contributed by atoms with Crippen molar-refractivity contribution in [2.75, 3.05) is 6.54 Å². The van der Waals surface area contributed by atoms with E-state index in [1.807, 2.05) is 0 Å². The summed E-state index contributed by atoms with van der Waals surface area (Å²) in [7, 11) is -7.36. The molecule has 0 aromatic rings. The summed E-state index contributed by atoms with van der Waals surface area (Å²) in [5, 5.41) is 1.01. The van der Waals surface area contributed by atoms with Gasteiger partial charge in [-0.05, 0) is 6.92 Å². The molecule has 0 aliphatic rings. The van der Waals surface area contributed by atoms with Gasteiger partial charge in [0.05, 0.1) is 6.10 Å². The van der Waals surface area contributed by atoms with Crippen molar-refractivity contribution in [2.24, 2.45) is 0 Å². The van der Waals surface area contributed by atoms with Crippen LogP contribution >= 0.6 is 0 Å². The van der Waals surface area contributed by atoms with Crippen molar-refractivity contribution in [3.05, 3.63) is 0 Å². The monoisotopic (exact) mass is 557 g/mol. The Hall–Kier alpha value is -1.32. The van der Waals surface area contributed by atoms with Gasteiger partial charge in [0.25, 0.3) is 10.0 Å². The minimum atomic E-state index is -8.87. The second-order valence-corrected chi connectivity index (χ2v) is 7.97. The van der Waals surface area contributed by atoms with E-state index in [1.54, 1.807) is 0 Å². The number of sulfonamides is 1. The molecule has 0 aromatic heterocycles. The van der Waals surface area contributed by atoms with E-state index in [-0.39, 0.29) is 4.72 Å². The standard InChI is InChI=1S/C11H8F17NO3S/c1-3(30)2-29-33(31,32)11(27,28)9(22,23)7(18,19)5(14,15)4(12,13)6(16,17)8(20,21)10(24,25)26/h3,29-30H,2H2,1H3. The first-order chi connectivity index (χ1) is 13.9. The Morgan fingerprint density at radius 2 is 0.879 bits per heavy atom. The van der Waals surface area contributed by atoms with E-state index >= 15 is 0 Å². The highest BCUT2D eigenvalue weighted by Crippen LogP contribution is 2.64. The van der Waals surface area contributed by atoms with E-state index in [9.17, 15) is 83.1 Å². The van der Waals surface area contributed by atoms with Crippen molar-refractivity contribution in [1.82, 2.24) is 4.72 Å². The first-order valence-electron chi connectivity index (χ1n) is 7.30. The van der Waals surface area contributed by atoms with Crippen LogP contribution in [0, 0.1) is 0 Å². The molecule has 200 valence electrons. The Morgan fingerprint density at radius 3 is 1.15 bits per heavy atom. The third-order valence-electron chi connectivity index (χ3n) is 3.60. The van der Waals surface area contributed by atoms with E-state index in [0.29, 0.717) is 6.92 Å². The summed E-state index contributed by atoms with van der Waals surface area (Å²) in [5.41, 5.74) is 0. The van der Waals surface area contributed by atoms with Gasteiger partial charge in [-0.3, -0.25) is 0 Å². The Balaban J connectivity index is 6.83. The molecule has 0 aliphatic carbocycles. The van der Waals surface area contributed by atoms with Crippen LogP contribution in [0.15, 0.2) is 0 Å². The van der Waals surface area contributed by atoms with Crippen molar-refractivity contribution in [2.45, 2.75) is 60.0 Å². The molecule has 1 unspecified atom stereocenters. The quantitative estimate of drug-likeness (QED) is 0.395. The van der Waals surface area contributed by atoms with E-state index < -0.39 is 69.6 Å². The van der Waals surface area contributed by atoms with Gasteiger partial charge in [0.2, 0.25) is 0 Å². The molecule has 0 saturated heterocycles. The van der Waals surface area contributed by atoms with Gasteiger partial charge in [-0.2, -0.15) is 74.6 Å². The molecule has 0 amide bonds. The van der Waals surface area contributed by atoms with Gasteiger partial charge in [-0.15, -0.1) is 0 Å². The van der Waals surface area contributed by atoms with Crippen molar-refractivity contribution in [3.63, 3.8) is 0 Å². The van der Waals surface area contributed by atoms with Gasteiger partial charge in [0, 0.05) is 6.54 Å². The van der Waals surface area contributed by atoms with E-state index in [1.165, 1.54) is 0 Å². The summed E-state index contributed by atoms with van der Waals surface area (Å²) in [6.45, 7) is -1.17. The van der Waals surface area contributed by atoms with Crippen LogP contribution in [-0.4, -0.2) is 73.1 Å². The van der Waals surface area contributed by atoms with E-state index in [4.69, 9.17) is 5.11 Å². The zero-order valence-corrected chi connectivity index (χ0v) is 15.7. The maximum atomic E-state index is 13.5. The summed E-state index contributed by atoms with van der Waals surface area (Å²) in [6, 6.07) is 0. The van der Waals surface area contributed by atoms with Crippen LogP contribution < -0.4 is 4.72 Å². The lowest BCUT2D eigenvalue weighted by Gasteiger charge is -2.42. The second kappa shape index (κ2) is 8.12. The molecule has 0 saturated carbocycles. The van der Waals surface area contributed by atoms with Crippen LogP contribution in [0.4, 0.5) is 74.6 Å². The highest BCUT2D eigenvalue weighted by atomic mass is 32.2. The molecule has 0 spiro atoms. The number of halogens is 17. The summed E-state index contributed by atoms with van der Waals surface area (Å²) in [5.74, 6) is -51.8. The predicted octanol–water partition coefficient (Wildman–Crippen LogP) is 4.25. The lowest BCUT2D eigenvalue weighted by Crippen LogP contribution is -2.75. The van der Waals surface area contributed by atoms with Gasteiger partial charge >= 0.3 is 47.0 Å². The summed E-state index contributed by atoms with van der Waals surface area (Å²) >= 11 is 0. The molecule has 0 fully saturated rings. The first-order valence-corrected chi connectivity index (χ1v) is 8.78. The third-order valence-corrected chi connectivity index (χ3v) is 5.08. The molecule has 1 atom stereocenters. The molecule has 4 nitrogen and oxygen atoms in total. The van der Waals surface area contributed by atoms with Crippen LogP contribution in [0.5, 0.6) is 0 Å². The van der Waals surface area contributed by atoms with Gasteiger partial charge in [0.1, 0.15) is 0 Å². The molecule has 0 radical (unpaired) electrons. The minimum Gasteiger partial charge on any atom is -0.392 e. The maximum absolute atomic E-state index is 13.5. The summed E-state index contributed by atoms with van der Waals surface area (Å²) < 4.78 is 243. The fourth-order valence-electron chi connectivity index (χ4n) is 1.64. The predicted molar refractivity (Wildman–Crippen MR) is 69.3 cm³/mol. The summed E-state index contributed by atoms with van der Waals surface area (Å²) in [4.78, 5) is 0. The molecular weight excluding hydrogens is 549 g/mol. The molecule has 2 N–H and O–H groups in total. The lowest BCUT2D eigenvalue weighted by atomic mass is 9.91. The largest absolute Gasteiger partial charge is 0.460 e. The first kappa shape index (κ1) is 31.7. The smallest absolute Gasteiger partial charge is 0.392 e. The normalized spacial score (nSPS) is 17.3. The molecule has 33 heavy (non-hydrogen) atoms. The number of aliphatic hydroxyl groups excluding tert-OH is 1. The third kappa shape index (κ3) is 4.29. The van der Waals surface area contributed by atoms with Crippen LogP contribution in [0.3, 0.4) is 0 Å². The fraction of sp³-hybridized carbons (Fsp3) is 1.00. The Bertz CT molecular complexity index is 817. The lowest BCUT2D eigenvalue weighted by molar-refractivity contribution is -0.458. The average molecular weight is 557 g/mol. The number of nitrogens with one attached hydrogen (secondary N) is 1. The number of alkyl halides is 17. The van der Waals surface area contributed by atoms with Crippen LogP contribution in [0.25, 0.3) is 0 Å². The molecule has 22 heteroatoms. The Morgan fingerprint density at radius 1 is 0.606 bits per heavy atom. The van der Waals surface area contributed by atoms with Gasteiger partial charge in [-0.25, -0.2) is 13.1 Å². The SMILES string of the molecule is CC(O)CNS(=O)(=O)C(F)(F)C(F)(F)C(F)(F)C(F)(F)C(F)(F)C(F)(F)C(F)(F)C(F)(F)F. The Kier molecular flexibility index (Phi) is 7.80. The van der Waals surface area contributed by atoms with Crippen LogP contribution in [0.1, 0.15) is 6.92 Å². The highest BCUT2D eigenvalue weighted by molar-refractivity contribution is 7.90. The van der Waals surface area contributed by atoms with Crippen LogP contribution in [0.2, 0.25) is 0 Å². The second-order valence-electron chi connectivity index (χ2n) is 6.16. The number of hydrogen-bond donors (Lipinski definition) is 2. The molecule has 0 bridgehead atoms. The van der Waals surface area contributed by atoms with E-state index in [2.05, 4.69) is 0 Å². The van der Waals surface area contributed by atoms with Crippen LogP contribution in [-0.2, 0) is 10.0 Å². The minimum absolute atomic E-state index is 0.251. The maximum Gasteiger partial charge on any atom is 0.460 e. The molecule has 0 aromatic carbocycles. The van der Waals surface area contributed by atoms with Gasteiger partial charge in [-0.1, -0.05) is 0 Å². The Labute approximate surface area is 170 Å². The van der Waals surface area contributed by atoms with Gasteiger partial charge in [0.15, 0.2) is 0 Å². The average Bonchev–Trinajstić information content (AvgIpc) is 2.57. The van der Waals surface area contributed by atoms with E-state index in [0.717, 1.165) is 0 Å². The molecule has 0 heterocycles. The number of aliphatic hydroxyl groups is 1. The van der Waals surface area contributed by atoms with Crippen molar-refractivity contribution in [3.8, 4) is 0 Å². The molecule has 0 aliphatic heterocycles. The van der Waals surface area contributed by atoms with Crippen molar-refractivity contribution in [1.29, 1.82) is 0 Å². The number of hydrogen-bond acceptors (Lipinski definition) is 3. The molecule has 0 rings (SSSR count). The van der Waals surface area contributed by atoms with Crippen molar-refractivity contribution < 1.29 is 88.2 Å². The molecular formula is C11H8F17NO3S. The number of rotatable bonds is 10. The highest BCUT2D eigenvalue weighted by Gasteiger charge is 2.96. The van der Waals surface area contributed by atoms with Crippen molar-refractivity contribution >= 4 is 10.0 Å². The zero-order valence-electron chi connectivity index (χ0n) is 14.9. The zero-order chi connectivity index (χ0) is 27.5.